The SMILES string of the molecule is Cc1c(Cl)cccc1NCC1Cc2ccccc2O1. The molecule has 1 unspecified atom stereocenters. The molecule has 1 atom stereocenters. The highest BCUT2D eigenvalue weighted by Crippen LogP contribution is 2.29. The van der Waals surface area contributed by atoms with Crippen LogP contribution in [0.1, 0.15) is 11.1 Å². The molecule has 0 radical (unpaired) electrons. The minimum absolute atomic E-state index is 0.191. The lowest BCUT2D eigenvalue weighted by Crippen LogP contribution is -2.24. The van der Waals surface area contributed by atoms with E-state index in [1.807, 2.05) is 37.3 Å². The Balaban J connectivity index is 1.64. The first kappa shape index (κ1) is 12.4. The Morgan fingerprint density at radius 3 is 2.89 bits per heavy atom. The zero-order valence-corrected chi connectivity index (χ0v) is 11.6. The molecule has 1 aliphatic rings. The maximum Gasteiger partial charge on any atom is 0.123 e. The molecular weight excluding hydrogens is 258 g/mol. The molecule has 2 aromatic rings. The van der Waals surface area contributed by atoms with E-state index in [9.17, 15) is 0 Å². The number of rotatable bonds is 3. The number of hydrogen-bond acceptors (Lipinski definition) is 2. The Hall–Kier alpha value is -1.67. The Bertz CT molecular complexity index is 572. The van der Waals surface area contributed by atoms with E-state index in [1.54, 1.807) is 0 Å². The van der Waals surface area contributed by atoms with Crippen molar-refractivity contribution < 1.29 is 4.74 Å². The Labute approximate surface area is 118 Å². The van der Waals surface area contributed by atoms with Crippen molar-refractivity contribution in [3.8, 4) is 5.75 Å². The van der Waals surface area contributed by atoms with Crippen LogP contribution in [0.2, 0.25) is 5.02 Å². The molecule has 0 fully saturated rings. The second-order valence-corrected chi connectivity index (χ2v) is 5.25. The van der Waals surface area contributed by atoms with Gasteiger partial charge in [-0.3, -0.25) is 0 Å². The molecule has 3 heteroatoms. The third kappa shape index (κ3) is 2.54. The van der Waals surface area contributed by atoms with Crippen LogP contribution in [0.4, 0.5) is 5.69 Å². The van der Waals surface area contributed by atoms with Crippen LogP contribution in [0.3, 0.4) is 0 Å². The molecule has 0 aliphatic carbocycles. The number of halogens is 1. The molecule has 0 saturated carbocycles. The summed E-state index contributed by atoms with van der Waals surface area (Å²) in [6.45, 7) is 2.81. The van der Waals surface area contributed by atoms with Crippen molar-refractivity contribution in [2.45, 2.75) is 19.4 Å². The van der Waals surface area contributed by atoms with Crippen LogP contribution in [0.25, 0.3) is 0 Å². The number of nitrogens with one attached hydrogen (secondary N) is 1. The number of fused-ring (bicyclic) bond motifs is 1. The first-order valence-corrected chi connectivity index (χ1v) is 6.85. The summed E-state index contributed by atoms with van der Waals surface area (Å²) in [6, 6.07) is 14.1. The van der Waals surface area contributed by atoms with Crippen LogP contribution in [0.5, 0.6) is 5.75 Å². The van der Waals surface area contributed by atoms with Crippen LogP contribution in [-0.2, 0) is 6.42 Å². The molecule has 98 valence electrons. The first-order chi connectivity index (χ1) is 9.24. The van der Waals surface area contributed by atoms with Gasteiger partial charge in [-0.1, -0.05) is 35.9 Å². The van der Waals surface area contributed by atoms with Gasteiger partial charge in [-0.25, -0.2) is 0 Å². The van der Waals surface area contributed by atoms with Crippen molar-refractivity contribution >= 4 is 17.3 Å². The van der Waals surface area contributed by atoms with Crippen molar-refractivity contribution in [2.24, 2.45) is 0 Å². The van der Waals surface area contributed by atoms with Gasteiger partial charge in [0.1, 0.15) is 11.9 Å². The molecule has 0 saturated heterocycles. The van der Waals surface area contributed by atoms with E-state index in [2.05, 4.69) is 17.4 Å². The fourth-order valence-corrected chi connectivity index (χ4v) is 2.57. The van der Waals surface area contributed by atoms with Gasteiger partial charge in [0.15, 0.2) is 0 Å². The van der Waals surface area contributed by atoms with Gasteiger partial charge in [0, 0.05) is 17.1 Å². The summed E-state index contributed by atoms with van der Waals surface area (Å²) >= 11 is 6.11. The minimum atomic E-state index is 0.191. The standard InChI is InChI=1S/C16H16ClNO/c1-11-14(17)6-4-7-15(11)18-10-13-9-12-5-2-3-8-16(12)19-13/h2-8,13,18H,9-10H2,1H3. The second kappa shape index (κ2) is 5.14. The molecule has 1 aliphatic heterocycles. The van der Waals surface area contributed by atoms with E-state index in [4.69, 9.17) is 16.3 Å². The van der Waals surface area contributed by atoms with Gasteiger partial charge in [0.25, 0.3) is 0 Å². The summed E-state index contributed by atoms with van der Waals surface area (Å²) in [7, 11) is 0. The van der Waals surface area contributed by atoms with E-state index >= 15 is 0 Å². The maximum atomic E-state index is 6.11. The van der Waals surface area contributed by atoms with Gasteiger partial charge in [0.05, 0.1) is 6.54 Å². The van der Waals surface area contributed by atoms with E-state index < -0.39 is 0 Å². The van der Waals surface area contributed by atoms with E-state index in [0.717, 1.165) is 35.0 Å². The number of ether oxygens (including phenoxy) is 1. The Kier molecular flexibility index (Phi) is 3.34. The smallest absolute Gasteiger partial charge is 0.123 e. The summed E-state index contributed by atoms with van der Waals surface area (Å²) in [5.74, 6) is 1.01. The van der Waals surface area contributed by atoms with Gasteiger partial charge < -0.3 is 10.1 Å². The summed E-state index contributed by atoms with van der Waals surface area (Å²) in [6.07, 6.45) is 1.15. The molecule has 0 bridgehead atoms. The average molecular weight is 274 g/mol. The monoisotopic (exact) mass is 273 g/mol. The van der Waals surface area contributed by atoms with Crippen LogP contribution >= 0.6 is 11.6 Å². The van der Waals surface area contributed by atoms with Gasteiger partial charge >= 0.3 is 0 Å². The van der Waals surface area contributed by atoms with Crippen molar-refractivity contribution in [1.82, 2.24) is 0 Å². The summed E-state index contributed by atoms with van der Waals surface area (Å²) in [5.41, 5.74) is 3.45. The summed E-state index contributed by atoms with van der Waals surface area (Å²) in [5, 5.41) is 4.21. The molecule has 0 spiro atoms. The molecular formula is C16H16ClNO. The van der Waals surface area contributed by atoms with E-state index in [1.165, 1.54) is 5.56 Å². The fraction of sp³-hybridized carbons (Fsp3) is 0.250. The molecule has 1 N–H and O–H groups in total. The average Bonchev–Trinajstić information content (AvgIpc) is 2.83. The first-order valence-electron chi connectivity index (χ1n) is 6.47. The lowest BCUT2D eigenvalue weighted by Gasteiger charge is -2.15. The molecule has 19 heavy (non-hydrogen) atoms. The van der Waals surface area contributed by atoms with Gasteiger partial charge in [-0.05, 0) is 36.2 Å². The van der Waals surface area contributed by atoms with Crippen LogP contribution in [-0.4, -0.2) is 12.6 Å². The highest BCUT2D eigenvalue weighted by atomic mass is 35.5. The van der Waals surface area contributed by atoms with Gasteiger partial charge in [0.2, 0.25) is 0 Å². The number of benzene rings is 2. The molecule has 3 rings (SSSR count). The highest BCUT2D eigenvalue weighted by molar-refractivity contribution is 6.31. The quantitative estimate of drug-likeness (QED) is 0.910. The predicted octanol–water partition coefficient (Wildman–Crippen LogP) is 4.06. The molecule has 2 nitrogen and oxygen atoms in total. The third-order valence-corrected chi connectivity index (χ3v) is 3.91. The Morgan fingerprint density at radius 1 is 1.21 bits per heavy atom. The van der Waals surface area contributed by atoms with E-state index in [0.29, 0.717) is 0 Å². The molecule has 0 aromatic heterocycles. The number of anilines is 1. The predicted molar refractivity (Wildman–Crippen MR) is 79.2 cm³/mol. The van der Waals surface area contributed by atoms with E-state index in [-0.39, 0.29) is 6.10 Å². The highest BCUT2D eigenvalue weighted by Gasteiger charge is 2.21. The van der Waals surface area contributed by atoms with Crippen molar-refractivity contribution in [3.63, 3.8) is 0 Å². The van der Waals surface area contributed by atoms with Crippen LogP contribution < -0.4 is 10.1 Å². The normalized spacial score (nSPS) is 16.8. The van der Waals surface area contributed by atoms with Gasteiger partial charge in [-0.2, -0.15) is 0 Å². The molecule has 1 heterocycles. The Morgan fingerprint density at radius 2 is 2.05 bits per heavy atom. The minimum Gasteiger partial charge on any atom is -0.488 e. The lowest BCUT2D eigenvalue weighted by molar-refractivity contribution is 0.246. The van der Waals surface area contributed by atoms with Gasteiger partial charge in [-0.15, -0.1) is 0 Å². The van der Waals surface area contributed by atoms with Crippen molar-refractivity contribution in [1.29, 1.82) is 0 Å². The zero-order valence-electron chi connectivity index (χ0n) is 10.8. The zero-order chi connectivity index (χ0) is 13.2. The third-order valence-electron chi connectivity index (χ3n) is 3.50. The molecule has 2 aromatic carbocycles. The summed E-state index contributed by atoms with van der Waals surface area (Å²) < 4.78 is 5.90. The van der Waals surface area contributed by atoms with Crippen molar-refractivity contribution in [2.75, 3.05) is 11.9 Å². The second-order valence-electron chi connectivity index (χ2n) is 4.85. The van der Waals surface area contributed by atoms with Crippen LogP contribution in [0, 0.1) is 6.92 Å². The number of hydrogen-bond donors (Lipinski definition) is 1. The summed E-state index contributed by atoms with van der Waals surface area (Å²) in [4.78, 5) is 0. The topological polar surface area (TPSA) is 21.3 Å². The lowest BCUT2D eigenvalue weighted by atomic mass is 10.1. The maximum absolute atomic E-state index is 6.11. The molecule has 0 amide bonds. The van der Waals surface area contributed by atoms with Crippen LogP contribution in [0.15, 0.2) is 42.5 Å². The van der Waals surface area contributed by atoms with Crippen molar-refractivity contribution in [3.05, 3.63) is 58.6 Å². The fourth-order valence-electron chi connectivity index (χ4n) is 2.39. The number of para-hydroxylation sites is 1. The largest absolute Gasteiger partial charge is 0.488 e.